The van der Waals surface area contributed by atoms with Gasteiger partial charge in [-0.2, -0.15) is 0 Å². The van der Waals surface area contributed by atoms with E-state index >= 15 is 0 Å². The van der Waals surface area contributed by atoms with Crippen LogP contribution in [0.15, 0.2) is 243 Å². The molecule has 0 spiro atoms. The van der Waals surface area contributed by atoms with Crippen molar-refractivity contribution in [3.63, 3.8) is 0 Å². The van der Waals surface area contributed by atoms with E-state index in [2.05, 4.69) is 255 Å². The SMILES string of the molecule is CC(C)CCOc1ccc([C@@H]2COc3c(ccc4c3CCC(C)(C)O4)C2)c(OCc2ccccc2)c1.CC(C)CCOc1ccc([C@H]2COc3c(ccc4c3CCC(C)(C)O4)C2)c(OCc2ccccc2)c1.CCCCOc1ccc([C@@H]2COc3c(ccc4c3CCC(C)(C)O4)C2)c(OCc2ccccc2)c1.CCCCOc1ccc([C@H]2COc3c(ccc4c3CCC(C)(C)O4)C2)c(OCc2ccccc2)c1. The molecule has 748 valence electrons. The largest absolute Gasteiger partial charge is 0.493 e. The van der Waals surface area contributed by atoms with E-state index < -0.39 is 0 Å². The van der Waals surface area contributed by atoms with Crippen molar-refractivity contribution < 1.29 is 75.8 Å². The number of ether oxygens (including phenoxy) is 16. The number of hydrogen-bond acceptors (Lipinski definition) is 16. The first-order chi connectivity index (χ1) is 68.8. The summed E-state index contributed by atoms with van der Waals surface area (Å²) in [5.74, 6) is 17.0. The fourth-order valence-corrected chi connectivity index (χ4v) is 20.0. The lowest BCUT2D eigenvalue weighted by Gasteiger charge is -2.36. The van der Waals surface area contributed by atoms with Crippen LogP contribution >= 0.6 is 0 Å². The quantitative estimate of drug-likeness (QED) is 0.0368. The number of hydrogen-bond donors (Lipinski definition) is 0. The summed E-state index contributed by atoms with van der Waals surface area (Å²) >= 11 is 0. The van der Waals surface area contributed by atoms with Crippen LogP contribution in [0.1, 0.15) is 274 Å². The van der Waals surface area contributed by atoms with Gasteiger partial charge in [0.25, 0.3) is 0 Å². The fourth-order valence-electron chi connectivity index (χ4n) is 20.0. The lowest BCUT2D eigenvalue weighted by Crippen LogP contribution is -2.33. The van der Waals surface area contributed by atoms with Gasteiger partial charge in [0.1, 0.15) is 141 Å². The lowest BCUT2D eigenvalue weighted by atomic mass is 9.86. The molecule has 16 heteroatoms. The normalized spacial score (nSPS) is 18.0. The minimum absolute atomic E-state index is 0.121. The second-order valence-corrected chi connectivity index (χ2v) is 42.8. The summed E-state index contributed by atoms with van der Waals surface area (Å²) < 4.78 is 100. The van der Waals surface area contributed by atoms with E-state index in [1.165, 1.54) is 66.8 Å². The van der Waals surface area contributed by atoms with E-state index in [9.17, 15) is 0 Å². The predicted molar refractivity (Wildman–Crippen MR) is 565 cm³/mol. The van der Waals surface area contributed by atoms with Crippen LogP contribution in [0, 0.1) is 11.8 Å². The first-order valence-electron chi connectivity index (χ1n) is 52.4. The summed E-state index contributed by atoms with van der Waals surface area (Å²) in [5, 5.41) is 0. The van der Waals surface area contributed by atoms with Crippen molar-refractivity contribution in [2.45, 2.75) is 285 Å². The van der Waals surface area contributed by atoms with Crippen LogP contribution in [0.3, 0.4) is 0 Å². The van der Waals surface area contributed by atoms with Gasteiger partial charge in [0.15, 0.2) is 0 Å². The molecule has 0 bridgehead atoms. The lowest BCUT2D eigenvalue weighted by molar-refractivity contribution is 0.0822. The van der Waals surface area contributed by atoms with E-state index in [1.807, 2.05) is 84.9 Å². The van der Waals surface area contributed by atoms with Crippen LogP contribution in [0.4, 0.5) is 0 Å². The molecule has 4 atom stereocenters. The van der Waals surface area contributed by atoms with Gasteiger partial charge < -0.3 is 75.8 Å². The van der Waals surface area contributed by atoms with E-state index in [-0.39, 0.29) is 46.1 Å². The Morgan fingerprint density at radius 1 is 0.275 bits per heavy atom. The molecule has 12 aromatic rings. The molecule has 8 aliphatic rings. The summed E-state index contributed by atoms with van der Waals surface area (Å²) in [6.45, 7) is 37.9. The molecule has 0 fully saturated rings. The summed E-state index contributed by atoms with van der Waals surface area (Å²) in [7, 11) is 0. The molecule has 0 saturated heterocycles. The topological polar surface area (TPSA) is 148 Å². The summed E-state index contributed by atoms with van der Waals surface area (Å²) in [6.07, 6.45) is 18.0. The number of fused-ring (bicyclic) bond motifs is 12. The fraction of sp³-hybridized carbons (Fsp3) is 0.429. The minimum Gasteiger partial charge on any atom is -0.493 e. The van der Waals surface area contributed by atoms with Crippen LogP contribution in [0.2, 0.25) is 0 Å². The molecule has 12 aromatic carbocycles. The van der Waals surface area contributed by atoms with E-state index in [0.717, 1.165) is 243 Å². The molecule has 0 unspecified atom stereocenters. The van der Waals surface area contributed by atoms with Gasteiger partial charge in [0.2, 0.25) is 0 Å². The number of rotatable bonds is 32. The van der Waals surface area contributed by atoms with Gasteiger partial charge >= 0.3 is 0 Å². The van der Waals surface area contributed by atoms with Gasteiger partial charge in [0, 0.05) is 92.4 Å². The van der Waals surface area contributed by atoms with Gasteiger partial charge in [-0.3, -0.25) is 0 Å². The molecule has 0 aromatic heterocycles. The first kappa shape index (κ1) is 101. The van der Waals surface area contributed by atoms with E-state index in [1.54, 1.807) is 0 Å². The molecular weight excluding hydrogens is 1770 g/mol. The molecule has 8 aliphatic heterocycles. The van der Waals surface area contributed by atoms with Crippen molar-refractivity contribution in [3.05, 3.63) is 332 Å². The Hall–Kier alpha value is -12.6. The Balaban J connectivity index is 0.000000130. The van der Waals surface area contributed by atoms with Crippen molar-refractivity contribution in [1.29, 1.82) is 0 Å². The van der Waals surface area contributed by atoms with Crippen molar-refractivity contribution >= 4 is 0 Å². The zero-order valence-corrected chi connectivity index (χ0v) is 86.3. The number of benzene rings is 12. The molecule has 0 saturated carbocycles. The average molecular weight is 1920 g/mol. The highest BCUT2D eigenvalue weighted by atomic mass is 16.5. The smallest absolute Gasteiger partial charge is 0.129 e. The third-order valence-corrected chi connectivity index (χ3v) is 28.3. The molecule has 142 heavy (non-hydrogen) atoms. The highest BCUT2D eigenvalue weighted by molar-refractivity contribution is 5.60. The molecule has 8 heterocycles. The van der Waals surface area contributed by atoms with Gasteiger partial charge in [-0.1, -0.05) is 224 Å². The van der Waals surface area contributed by atoms with Crippen LogP contribution in [-0.2, 0) is 77.8 Å². The maximum Gasteiger partial charge on any atom is 0.129 e. The predicted octanol–water partition coefficient (Wildman–Crippen LogP) is 29.6. The van der Waals surface area contributed by atoms with Crippen LogP contribution in [0.25, 0.3) is 0 Å². The zero-order valence-electron chi connectivity index (χ0n) is 86.3. The molecular formula is C126H148O16. The Labute approximate surface area is 844 Å². The average Bonchev–Trinajstić information content (AvgIpc) is 0.778. The Kier molecular flexibility index (Phi) is 33.2. The zero-order chi connectivity index (χ0) is 98.8. The second-order valence-electron chi connectivity index (χ2n) is 42.8. The molecule has 0 aliphatic carbocycles. The molecule has 20 rings (SSSR count). The Morgan fingerprint density at radius 2 is 0.507 bits per heavy atom. The van der Waals surface area contributed by atoms with Gasteiger partial charge in [-0.15, -0.1) is 0 Å². The molecule has 0 amide bonds. The highest BCUT2D eigenvalue weighted by Crippen LogP contribution is 2.52. The van der Waals surface area contributed by atoms with Gasteiger partial charge in [-0.05, 0) is 263 Å². The minimum atomic E-state index is -0.123. The number of unbranched alkanes of at least 4 members (excludes halogenated alkanes) is 2. The van der Waals surface area contributed by atoms with Crippen LogP contribution in [0.5, 0.6) is 92.0 Å². The second kappa shape index (κ2) is 46.7. The van der Waals surface area contributed by atoms with Crippen molar-refractivity contribution in [2.24, 2.45) is 11.8 Å². The molecule has 0 N–H and O–H groups in total. The van der Waals surface area contributed by atoms with E-state index in [0.29, 0.717) is 77.9 Å². The first-order valence-corrected chi connectivity index (χ1v) is 52.4. The van der Waals surface area contributed by atoms with Gasteiger partial charge in [-0.25, -0.2) is 0 Å². The molecule has 0 radical (unpaired) electrons. The van der Waals surface area contributed by atoms with E-state index in [4.69, 9.17) is 75.8 Å². The Morgan fingerprint density at radius 3 is 0.732 bits per heavy atom. The maximum atomic E-state index is 6.43. The van der Waals surface area contributed by atoms with Crippen molar-refractivity contribution in [3.8, 4) is 92.0 Å². The maximum absolute atomic E-state index is 6.43. The van der Waals surface area contributed by atoms with Crippen LogP contribution < -0.4 is 75.8 Å². The third-order valence-electron chi connectivity index (χ3n) is 28.3. The van der Waals surface area contributed by atoms with Crippen molar-refractivity contribution in [2.75, 3.05) is 52.9 Å². The van der Waals surface area contributed by atoms with Gasteiger partial charge in [0.05, 0.1) is 52.9 Å². The highest BCUT2D eigenvalue weighted by Gasteiger charge is 2.39. The van der Waals surface area contributed by atoms with Crippen LogP contribution in [-0.4, -0.2) is 75.3 Å². The third kappa shape index (κ3) is 26.5. The monoisotopic (exact) mass is 1920 g/mol. The summed E-state index contributed by atoms with van der Waals surface area (Å²) in [6, 6.07) is 83.5. The Bertz CT molecular complexity index is 5790. The summed E-state index contributed by atoms with van der Waals surface area (Å²) in [5.41, 5.74) is 18.7. The summed E-state index contributed by atoms with van der Waals surface area (Å²) in [4.78, 5) is 0. The molecule has 16 nitrogen and oxygen atoms in total. The van der Waals surface area contributed by atoms with Crippen molar-refractivity contribution in [1.82, 2.24) is 0 Å². The standard InChI is InChI=1S/2C32H38O4.2C31H36O4/c2*1-22(2)15-17-33-26-11-12-27(30(19-26)34-20-23-8-6-5-7-9-23)25-18-24-10-13-29-28(31(24)35-21-25)14-16-32(3,4)36-29;2*1-4-5-17-32-25-12-13-26(29(19-25)33-20-22-9-7-6-8-10-22)24-18-23-11-14-28-27(30(23)34-21-24)15-16-31(2,3)35-28/h2*5-13,19,22,25H,14-18,20-21H2,1-4H3;2*6-14,19,24H,4-5,15-18,20-21H2,1-3H3/t2*25-;2*24-/m1010/s1.